The van der Waals surface area contributed by atoms with Crippen molar-refractivity contribution in [1.29, 1.82) is 0 Å². The molecule has 1 aromatic carbocycles. The minimum absolute atomic E-state index is 0.329. The molecule has 21 heavy (non-hydrogen) atoms. The molecule has 0 fully saturated rings. The van der Waals surface area contributed by atoms with Crippen LogP contribution in [0.3, 0.4) is 0 Å². The molecule has 1 rings (SSSR count). The third kappa shape index (κ3) is 5.80. The van der Waals surface area contributed by atoms with Crippen LogP contribution in [0, 0.1) is 0 Å². The third-order valence-corrected chi connectivity index (χ3v) is 4.70. The maximum atomic E-state index is 11.8. The molecule has 0 aliphatic rings. The van der Waals surface area contributed by atoms with Crippen LogP contribution in [-0.4, -0.2) is 46.0 Å². The van der Waals surface area contributed by atoms with Crippen molar-refractivity contribution in [1.82, 2.24) is 0 Å². The molecule has 0 aliphatic carbocycles. The number of amides is 1. The summed E-state index contributed by atoms with van der Waals surface area (Å²) in [4.78, 5) is 23.6. The molecule has 0 spiro atoms. The van der Waals surface area contributed by atoms with E-state index in [0.717, 1.165) is 0 Å². The normalized spacial score (nSPS) is 13.1. The van der Waals surface area contributed by atoms with Gasteiger partial charge < -0.3 is 0 Å². The summed E-state index contributed by atoms with van der Waals surface area (Å²) < 4.78 is 18.0. The van der Waals surface area contributed by atoms with Crippen LogP contribution in [0.15, 0.2) is 24.3 Å². The monoisotopic (exact) mass is 374 g/mol. The predicted octanol–water partition coefficient (Wildman–Crippen LogP) is -0.700. The van der Waals surface area contributed by atoms with Gasteiger partial charge in [0.05, 0.1) is 0 Å². The van der Waals surface area contributed by atoms with Gasteiger partial charge in [-0.05, 0) is 0 Å². The number of anilines is 1. The van der Waals surface area contributed by atoms with Gasteiger partial charge in [-0.2, -0.15) is 0 Å². The second-order valence-electron chi connectivity index (χ2n) is 5.16. The summed E-state index contributed by atoms with van der Waals surface area (Å²) in [7, 11) is 0. The Morgan fingerprint density at radius 1 is 1.33 bits per heavy atom. The van der Waals surface area contributed by atoms with Gasteiger partial charge in [-0.1, -0.05) is 0 Å². The molecule has 0 saturated heterocycles. The van der Waals surface area contributed by atoms with Gasteiger partial charge >= 0.3 is 134 Å². The molecule has 0 aromatic heterocycles. The molecule has 1 atom stereocenters. The molecule has 1 amide bonds. The van der Waals surface area contributed by atoms with E-state index < -0.39 is 32.0 Å². The Morgan fingerprint density at radius 3 is 2.29 bits per heavy atom. The van der Waals surface area contributed by atoms with Crippen LogP contribution < -0.4 is 15.4 Å². The fourth-order valence-electron chi connectivity index (χ4n) is 1.55. The first-order chi connectivity index (χ1) is 9.61. The molecule has 0 radical (unpaired) electrons. The summed E-state index contributed by atoms with van der Waals surface area (Å²) in [5, 5.41) is 2.56. The van der Waals surface area contributed by atoms with Crippen molar-refractivity contribution in [2.45, 2.75) is 31.1 Å². The van der Waals surface area contributed by atoms with E-state index in [4.69, 9.17) is 13.9 Å². The van der Waals surface area contributed by atoms with E-state index >= 15 is 0 Å². The summed E-state index contributed by atoms with van der Waals surface area (Å²) in [6.45, 7) is 3.42. The van der Waals surface area contributed by atoms with E-state index in [0.29, 0.717) is 10.0 Å². The van der Waals surface area contributed by atoms with Crippen LogP contribution in [0.1, 0.15) is 20.3 Å². The van der Waals surface area contributed by atoms with Crippen molar-refractivity contribution in [3.05, 3.63) is 24.3 Å². The Balaban J connectivity index is 2.60. The van der Waals surface area contributed by atoms with Crippen molar-refractivity contribution < 1.29 is 17.8 Å². The summed E-state index contributed by atoms with van der Waals surface area (Å²) in [6.07, 6.45) is -0.329. The average Bonchev–Trinajstić information content (AvgIpc) is 2.37. The number of nitrogens with two attached hydrogens (primary N) is 1. The van der Waals surface area contributed by atoms with Gasteiger partial charge in [0.2, 0.25) is 0 Å². The Labute approximate surface area is 134 Å². The molecule has 0 saturated carbocycles. The summed E-state index contributed by atoms with van der Waals surface area (Å²) in [6, 6.07) is 5.33. The zero-order valence-corrected chi connectivity index (χ0v) is 14.5. The van der Waals surface area contributed by atoms with E-state index in [-0.39, 0.29) is 12.2 Å². The van der Waals surface area contributed by atoms with E-state index in [1.165, 1.54) is 12.1 Å². The number of carbonyl (C=O) groups is 2. The van der Waals surface area contributed by atoms with Crippen LogP contribution in [0.25, 0.3) is 0 Å². The van der Waals surface area contributed by atoms with Crippen LogP contribution in [-0.2, 0) is 9.59 Å². The summed E-state index contributed by atoms with van der Waals surface area (Å²) >= 11 is 1.32. The molecule has 6 nitrogen and oxygen atoms in total. The zero-order valence-electron chi connectivity index (χ0n) is 11.8. The van der Waals surface area contributed by atoms with Gasteiger partial charge in [-0.3, -0.25) is 0 Å². The topological polar surface area (TPSA) is 113 Å². The molecule has 8 heteroatoms. The molecule has 0 aliphatic heterocycles. The first kappa shape index (κ1) is 18.2. The van der Waals surface area contributed by atoms with Gasteiger partial charge in [-0.25, -0.2) is 0 Å². The number of hydrogen-bond acceptors (Lipinski definition) is 6. The van der Waals surface area contributed by atoms with Gasteiger partial charge in [0.15, 0.2) is 0 Å². The quantitative estimate of drug-likeness (QED) is 0.257. The molecule has 116 valence electrons. The first-order valence-electron chi connectivity index (χ1n) is 6.19. The number of Topliss-reactive ketones (excluding diaryl/α,β-unsaturated/α-hetero) is 1. The Bertz CT molecular complexity index is 514. The van der Waals surface area contributed by atoms with Crippen molar-refractivity contribution >= 4 is 49.7 Å². The first-order valence-corrected chi connectivity index (χ1v) is 9.26. The fourth-order valence-corrected chi connectivity index (χ4v) is 2.56. The number of ketones is 1. The minimum atomic E-state index is -2.90. The molecule has 1 aromatic rings. The SMILES string of the molecule is CC(C)(S)[C@H](N)C(=O)CC(=O)Nc1ccc([As](O)O)cc1. The number of rotatable bonds is 6. The van der Waals surface area contributed by atoms with E-state index in [1.807, 2.05) is 0 Å². The molecular formula is C13H19AsN2O4S. The molecule has 5 N–H and O–H groups in total. The Kier molecular flexibility index (Phi) is 6.43. The predicted molar refractivity (Wildman–Crippen MR) is 85.6 cm³/mol. The standard InChI is InChI=1S/C13H19AsN2O4S/c1-13(2,21)12(15)10(17)7-11(18)16-9-5-3-8(4-6-9)14(19)20/h3-6,12,19-21H,7,15H2,1-2H3,(H,16,18)/t12-/m1/s1. The van der Waals surface area contributed by atoms with E-state index in [9.17, 15) is 9.59 Å². The van der Waals surface area contributed by atoms with Crippen molar-refractivity contribution in [3.63, 3.8) is 0 Å². The number of benzene rings is 1. The second kappa shape index (κ2) is 7.42. The molecule has 0 unspecified atom stereocenters. The van der Waals surface area contributed by atoms with Crippen molar-refractivity contribution in [3.8, 4) is 0 Å². The fraction of sp³-hybridized carbons (Fsp3) is 0.385. The van der Waals surface area contributed by atoms with Gasteiger partial charge in [0.1, 0.15) is 0 Å². The number of nitrogens with one attached hydrogen (secondary N) is 1. The van der Waals surface area contributed by atoms with Crippen molar-refractivity contribution in [2.75, 3.05) is 5.32 Å². The Morgan fingerprint density at radius 2 is 1.86 bits per heavy atom. The molecule has 0 bridgehead atoms. The van der Waals surface area contributed by atoms with E-state index in [2.05, 4.69) is 17.9 Å². The van der Waals surface area contributed by atoms with Gasteiger partial charge in [0, 0.05) is 0 Å². The number of carbonyl (C=O) groups excluding carboxylic acids is 2. The van der Waals surface area contributed by atoms with Crippen LogP contribution in [0.4, 0.5) is 5.69 Å². The average molecular weight is 374 g/mol. The summed E-state index contributed by atoms with van der Waals surface area (Å²) in [5.74, 6) is -0.856. The second-order valence-corrected chi connectivity index (χ2v) is 8.61. The maximum absolute atomic E-state index is 11.8. The van der Waals surface area contributed by atoms with Crippen LogP contribution in [0.5, 0.6) is 0 Å². The Hall–Kier alpha value is -0.852. The third-order valence-electron chi connectivity index (χ3n) is 2.82. The molecule has 0 heterocycles. The summed E-state index contributed by atoms with van der Waals surface area (Å²) in [5.41, 5.74) is 6.21. The van der Waals surface area contributed by atoms with Crippen LogP contribution in [0.2, 0.25) is 0 Å². The zero-order chi connectivity index (χ0) is 16.2. The van der Waals surface area contributed by atoms with Gasteiger partial charge in [0.25, 0.3) is 0 Å². The molecular weight excluding hydrogens is 355 g/mol. The number of hydrogen-bond donors (Lipinski definition) is 5. The van der Waals surface area contributed by atoms with Crippen LogP contribution >= 0.6 is 12.6 Å². The van der Waals surface area contributed by atoms with E-state index in [1.54, 1.807) is 26.0 Å². The van der Waals surface area contributed by atoms with Crippen molar-refractivity contribution in [2.24, 2.45) is 5.73 Å². The number of thiol groups is 1. The van der Waals surface area contributed by atoms with Gasteiger partial charge in [-0.15, -0.1) is 0 Å².